The summed E-state index contributed by atoms with van der Waals surface area (Å²) in [5.41, 5.74) is 4.32. The molecule has 108 valence electrons. The summed E-state index contributed by atoms with van der Waals surface area (Å²) in [6.45, 7) is 0. The molecule has 0 amide bonds. The Morgan fingerprint density at radius 1 is 1.19 bits per heavy atom. The Morgan fingerprint density at radius 2 is 2.00 bits per heavy atom. The van der Waals surface area contributed by atoms with Crippen molar-refractivity contribution >= 4 is 22.6 Å². The van der Waals surface area contributed by atoms with Crippen molar-refractivity contribution in [3.63, 3.8) is 0 Å². The zero-order valence-electron chi connectivity index (χ0n) is 11.1. The summed E-state index contributed by atoms with van der Waals surface area (Å²) < 4.78 is 19.0. The highest BCUT2D eigenvalue weighted by atomic mass is 35.5. The molecule has 21 heavy (non-hydrogen) atoms. The number of benzene rings is 2. The van der Waals surface area contributed by atoms with Crippen molar-refractivity contribution in [2.75, 3.05) is 0 Å². The molecule has 0 fully saturated rings. The van der Waals surface area contributed by atoms with Crippen LogP contribution in [-0.2, 0) is 6.42 Å². The minimum atomic E-state index is -0.293. The SMILES string of the molecule is NNC(Cc1ccccc1Cl)c1cc2cc(F)ccc2o1. The molecule has 1 heterocycles. The van der Waals surface area contributed by atoms with Gasteiger partial charge >= 0.3 is 0 Å². The Labute approximate surface area is 126 Å². The monoisotopic (exact) mass is 304 g/mol. The van der Waals surface area contributed by atoms with Crippen molar-refractivity contribution in [2.24, 2.45) is 5.84 Å². The lowest BCUT2D eigenvalue weighted by Crippen LogP contribution is -2.29. The first-order valence-corrected chi connectivity index (χ1v) is 6.93. The van der Waals surface area contributed by atoms with Gasteiger partial charge in [-0.05, 0) is 42.3 Å². The number of nitrogens with one attached hydrogen (secondary N) is 1. The zero-order valence-corrected chi connectivity index (χ0v) is 11.9. The van der Waals surface area contributed by atoms with Gasteiger partial charge in [-0.25, -0.2) is 9.82 Å². The highest BCUT2D eigenvalue weighted by molar-refractivity contribution is 6.31. The van der Waals surface area contributed by atoms with Crippen LogP contribution in [0, 0.1) is 5.82 Å². The van der Waals surface area contributed by atoms with E-state index >= 15 is 0 Å². The average Bonchev–Trinajstić information content (AvgIpc) is 2.89. The molecule has 0 aliphatic heterocycles. The highest BCUT2D eigenvalue weighted by Gasteiger charge is 2.17. The number of hydrogen-bond acceptors (Lipinski definition) is 3. The van der Waals surface area contributed by atoms with Gasteiger partial charge in [-0.2, -0.15) is 0 Å². The molecule has 2 aromatic carbocycles. The molecule has 5 heteroatoms. The number of furan rings is 1. The molecular formula is C16H14ClFN2O. The molecule has 3 nitrogen and oxygen atoms in total. The van der Waals surface area contributed by atoms with Gasteiger partial charge in [-0.15, -0.1) is 0 Å². The van der Waals surface area contributed by atoms with Crippen molar-refractivity contribution in [3.05, 3.63) is 70.7 Å². The largest absolute Gasteiger partial charge is 0.459 e. The second-order valence-electron chi connectivity index (χ2n) is 4.85. The Morgan fingerprint density at radius 3 is 2.76 bits per heavy atom. The lowest BCUT2D eigenvalue weighted by atomic mass is 10.0. The Hall–Kier alpha value is -1.88. The van der Waals surface area contributed by atoms with Gasteiger partial charge in [0.1, 0.15) is 17.2 Å². The van der Waals surface area contributed by atoms with Gasteiger partial charge in [0.25, 0.3) is 0 Å². The predicted octanol–water partition coefficient (Wildman–Crippen LogP) is 3.97. The van der Waals surface area contributed by atoms with E-state index in [0.29, 0.717) is 28.2 Å². The first-order valence-electron chi connectivity index (χ1n) is 6.56. The molecule has 0 saturated carbocycles. The normalized spacial score (nSPS) is 12.7. The van der Waals surface area contributed by atoms with Crippen LogP contribution in [0.25, 0.3) is 11.0 Å². The number of hydrazine groups is 1. The Bertz CT molecular complexity index is 772. The van der Waals surface area contributed by atoms with Crippen molar-refractivity contribution in [3.8, 4) is 0 Å². The Balaban J connectivity index is 1.93. The minimum absolute atomic E-state index is 0.236. The first-order chi connectivity index (χ1) is 10.2. The fourth-order valence-corrected chi connectivity index (χ4v) is 2.54. The molecule has 0 aliphatic carbocycles. The maximum absolute atomic E-state index is 13.2. The van der Waals surface area contributed by atoms with Crippen LogP contribution >= 0.6 is 11.6 Å². The lowest BCUT2D eigenvalue weighted by molar-refractivity contribution is 0.434. The van der Waals surface area contributed by atoms with Crippen LogP contribution in [0.4, 0.5) is 4.39 Å². The number of rotatable bonds is 4. The lowest BCUT2D eigenvalue weighted by Gasteiger charge is -2.14. The van der Waals surface area contributed by atoms with E-state index in [9.17, 15) is 4.39 Å². The third-order valence-corrected chi connectivity index (χ3v) is 3.79. The molecule has 3 N–H and O–H groups in total. The molecule has 1 atom stereocenters. The van der Waals surface area contributed by atoms with Crippen molar-refractivity contribution < 1.29 is 8.81 Å². The second-order valence-corrected chi connectivity index (χ2v) is 5.25. The van der Waals surface area contributed by atoms with Gasteiger partial charge in [0.05, 0.1) is 6.04 Å². The van der Waals surface area contributed by atoms with Gasteiger partial charge in [-0.1, -0.05) is 29.8 Å². The maximum atomic E-state index is 13.2. The van der Waals surface area contributed by atoms with E-state index in [1.807, 2.05) is 24.3 Å². The number of fused-ring (bicyclic) bond motifs is 1. The van der Waals surface area contributed by atoms with E-state index < -0.39 is 0 Å². The number of nitrogens with two attached hydrogens (primary N) is 1. The molecule has 0 radical (unpaired) electrons. The summed E-state index contributed by atoms with van der Waals surface area (Å²) >= 11 is 6.16. The van der Waals surface area contributed by atoms with Crippen LogP contribution in [-0.4, -0.2) is 0 Å². The van der Waals surface area contributed by atoms with E-state index in [0.717, 1.165) is 5.56 Å². The fraction of sp³-hybridized carbons (Fsp3) is 0.125. The average molecular weight is 305 g/mol. The number of halogens is 2. The van der Waals surface area contributed by atoms with Gasteiger partial charge in [-0.3, -0.25) is 5.84 Å². The van der Waals surface area contributed by atoms with Gasteiger partial charge in [0, 0.05) is 10.4 Å². The van der Waals surface area contributed by atoms with Crippen LogP contribution < -0.4 is 11.3 Å². The van der Waals surface area contributed by atoms with Crippen LogP contribution in [0.5, 0.6) is 0 Å². The standard InChI is InChI=1S/C16H14ClFN2O/c17-13-4-2-1-3-10(13)8-14(20-19)16-9-11-7-12(18)5-6-15(11)21-16/h1-7,9,14,20H,8,19H2. The summed E-state index contributed by atoms with van der Waals surface area (Å²) in [4.78, 5) is 0. The summed E-state index contributed by atoms with van der Waals surface area (Å²) in [5.74, 6) is 5.98. The smallest absolute Gasteiger partial charge is 0.134 e. The van der Waals surface area contributed by atoms with Crippen LogP contribution in [0.15, 0.2) is 52.9 Å². The van der Waals surface area contributed by atoms with Crippen LogP contribution in [0.1, 0.15) is 17.4 Å². The molecule has 3 aromatic rings. The van der Waals surface area contributed by atoms with Crippen molar-refractivity contribution in [2.45, 2.75) is 12.5 Å². The van der Waals surface area contributed by atoms with E-state index in [1.54, 1.807) is 12.1 Å². The van der Waals surface area contributed by atoms with Crippen LogP contribution in [0.3, 0.4) is 0 Å². The molecule has 0 aliphatic rings. The van der Waals surface area contributed by atoms with Gasteiger partial charge in [0.15, 0.2) is 0 Å². The third-order valence-electron chi connectivity index (χ3n) is 3.42. The highest BCUT2D eigenvalue weighted by Crippen LogP contribution is 2.28. The van der Waals surface area contributed by atoms with E-state index in [1.165, 1.54) is 12.1 Å². The summed E-state index contributed by atoms with van der Waals surface area (Å²) in [6, 6.07) is 13.5. The zero-order chi connectivity index (χ0) is 14.8. The maximum Gasteiger partial charge on any atom is 0.134 e. The van der Waals surface area contributed by atoms with Gasteiger partial charge < -0.3 is 4.42 Å². The first kappa shape index (κ1) is 14.1. The van der Waals surface area contributed by atoms with Crippen molar-refractivity contribution in [1.82, 2.24) is 5.43 Å². The van der Waals surface area contributed by atoms with Crippen LogP contribution in [0.2, 0.25) is 5.02 Å². The fourth-order valence-electron chi connectivity index (χ4n) is 2.33. The summed E-state index contributed by atoms with van der Waals surface area (Å²) in [7, 11) is 0. The van der Waals surface area contributed by atoms with E-state index in [4.69, 9.17) is 21.9 Å². The summed E-state index contributed by atoms with van der Waals surface area (Å²) in [6.07, 6.45) is 0.582. The number of hydrogen-bond donors (Lipinski definition) is 2. The van der Waals surface area contributed by atoms with E-state index in [-0.39, 0.29) is 11.9 Å². The molecule has 1 aromatic heterocycles. The molecule has 0 saturated heterocycles. The molecule has 0 bridgehead atoms. The minimum Gasteiger partial charge on any atom is -0.459 e. The topological polar surface area (TPSA) is 51.2 Å². The summed E-state index contributed by atoms with van der Waals surface area (Å²) in [5, 5.41) is 1.39. The van der Waals surface area contributed by atoms with Gasteiger partial charge in [0.2, 0.25) is 0 Å². The Kier molecular flexibility index (Phi) is 3.92. The molecule has 1 unspecified atom stereocenters. The molecule has 3 rings (SSSR count). The van der Waals surface area contributed by atoms with Crippen molar-refractivity contribution in [1.29, 1.82) is 0 Å². The molecular weight excluding hydrogens is 291 g/mol. The van der Waals surface area contributed by atoms with E-state index in [2.05, 4.69) is 5.43 Å². The molecule has 0 spiro atoms. The quantitative estimate of drug-likeness (QED) is 0.566. The third kappa shape index (κ3) is 2.93. The second kappa shape index (κ2) is 5.85. The predicted molar refractivity (Wildman–Crippen MR) is 81.4 cm³/mol.